The summed E-state index contributed by atoms with van der Waals surface area (Å²) in [6.07, 6.45) is 3.36. The quantitative estimate of drug-likeness (QED) is 0.632. The predicted molar refractivity (Wildman–Crippen MR) is 109 cm³/mol. The maximum atomic E-state index is 13.2. The molecule has 156 valence electrons. The van der Waals surface area contributed by atoms with Crippen LogP contribution in [0.15, 0.2) is 24.4 Å². The minimum atomic E-state index is -0.596. The van der Waals surface area contributed by atoms with Crippen LogP contribution in [0.25, 0.3) is 0 Å². The highest BCUT2D eigenvalue weighted by molar-refractivity contribution is 6.06. The number of fused-ring (bicyclic) bond motifs is 2. The average molecular weight is 408 g/mol. The molecule has 1 fully saturated rings. The molecule has 3 aliphatic rings. The van der Waals surface area contributed by atoms with Crippen molar-refractivity contribution >= 4 is 23.5 Å². The molecule has 1 atom stereocenters. The molecule has 0 bridgehead atoms. The Labute approximate surface area is 173 Å². The van der Waals surface area contributed by atoms with E-state index in [1.54, 1.807) is 4.90 Å². The van der Waals surface area contributed by atoms with Gasteiger partial charge in [-0.05, 0) is 17.5 Å². The number of carbonyl (C=O) groups excluding carboxylic acids is 3. The zero-order valence-corrected chi connectivity index (χ0v) is 16.6. The summed E-state index contributed by atoms with van der Waals surface area (Å²) in [5.41, 5.74) is 2.47. The van der Waals surface area contributed by atoms with Crippen molar-refractivity contribution in [2.45, 2.75) is 44.9 Å². The Hall–Kier alpha value is -3.20. The molecule has 0 aliphatic carbocycles. The Morgan fingerprint density at radius 2 is 2.07 bits per heavy atom. The number of anilines is 1. The van der Waals surface area contributed by atoms with Gasteiger partial charge in [-0.25, -0.2) is 4.98 Å². The lowest BCUT2D eigenvalue weighted by Gasteiger charge is -2.29. The van der Waals surface area contributed by atoms with E-state index in [0.29, 0.717) is 25.1 Å². The first-order valence-electron chi connectivity index (χ1n) is 10.4. The van der Waals surface area contributed by atoms with Gasteiger partial charge in [0.15, 0.2) is 0 Å². The summed E-state index contributed by atoms with van der Waals surface area (Å²) in [5.74, 6) is 1.19. The number of aromatic nitrogens is 2. The smallest absolute Gasteiger partial charge is 0.255 e. The molecular formula is C21H24N6O3. The number of piperidine rings is 1. The first kappa shape index (κ1) is 18.8. The Morgan fingerprint density at radius 3 is 2.93 bits per heavy atom. The van der Waals surface area contributed by atoms with Crippen LogP contribution in [0.5, 0.6) is 0 Å². The molecule has 4 heterocycles. The Morgan fingerprint density at radius 1 is 1.17 bits per heavy atom. The van der Waals surface area contributed by atoms with Crippen LogP contribution < -0.4 is 16.0 Å². The van der Waals surface area contributed by atoms with E-state index in [1.807, 2.05) is 24.4 Å². The van der Waals surface area contributed by atoms with E-state index in [9.17, 15) is 14.4 Å². The van der Waals surface area contributed by atoms with E-state index >= 15 is 0 Å². The first-order chi connectivity index (χ1) is 14.6. The van der Waals surface area contributed by atoms with Gasteiger partial charge < -0.3 is 20.1 Å². The number of hydrogen-bond acceptors (Lipinski definition) is 6. The molecule has 9 heteroatoms. The van der Waals surface area contributed by atoms with E-state index < -0.39 is 6.04 Å². The molecule has 0 spiro atoms. The van der Waals surface area contributed by atoms with E-state index in [1.165, 1.54) is 0 Å². The third kappa shape index (κ3) is 3.24. The van der Waals surface area contributed by atoms with Gasteiger partial charge in [0, 0.05) is 51.1 Å². The summed E-state index contributed by atoms with van der Waals surface area (Å²) in [6, 6.07) is 5.22. The molecule has 3 amide bonds. The number of imidazole rings is 1. The van der Waals surface area contributed by atoms with Gasteiger partial charge in [-0.15, -0.1) is 0 Å². The first-order valence-corrected chi connectivity index (χ1v) is 10.4. The second-order valence-corrected chi connectivity index (χ2v) is 7.92. The Kier molecular flexibility index (Phi) is 4.74. The lowest BCUT2D eigenvalue weighted by Crippen LogP contribution is -2.52. The second kappa shape index (κ2) is 7.56. The molecule has 0 saturated carbocycles. The summed E-state index contributed by atoms with van der Waals surface area (Å²) in [5, 5.41) is 9.15. The third-order valence-corrected chi connectivity index (χ3v) is 6.07. The van der Waals surface area contributed by atoms with Crippen LogP contribution >= 0.6 is 0 Å². The van der Waals surface area contributed by atoms with Gasteiger partial charge in [-0.2, -0.15) is 0 Å². The number of benzene rings is 1. The van der Waals surface area contributed by atoms with Crippen LogP contribution in [0.3, 0.4) is 0 Å². The van der Waals surface area contributed by atoms with Crippen LogP contribution in [0.1, 0.15) is 40.2 Å². The van der Waals surface area contributed by atoms with E-state index in [4.69, 9.17) is 0 Å². The van der Waals surface area contributed by atoms with Gasteiger partial charge in [0.05, 0.1) is 6.20 Å². The number of rotatable bonds is 4. The lowest BCUT2D eigenvalue weighted by molar-refractivity contribution is -0.136. The van der Waals surface area contributed by atoms with Crippen LogP contribution in [-0.4, -0.2) is 51.3 Å². The zero-order valence-electron chi connectivity index (χ0n) is 16.6. The summed E-state index contributed by atoms with van der Waals surface area (Å²) in [6.45, 7) is 3.57. The summed E-state index contributed by atoms with van der Waals surface area (Å²) < 4.78 is 2.18. The highest BCUT2D eigenvalue weighted by atomic mass is 16.2. The van der Waals surface area contributed by atoms with Gasteiger partial charge in [0.25, 0.3) is 5.91 Å². The zero-order chi connectivity index (χ0) is 20.7. The van der Waals surface area contributed by atoms with E-state index in [2.05, 4.69) is 25.5 Å². The molecule has 1 unspecified atom stereocenters. The summed E-state index contributed by atoms with van der Waals surface area (Å²) in [4.78, 5) is 43.0. The van der Waals surface area contributed by atoms with Gasteiger partial charge in [-0.3, -0.25) is 19.7 Å². The summed E-state index contributed by atoms with van der Waals surface area (Å²) in [7, 11) is 0. The SMILES string of the molecule is O=C1CCC(N2Cc3cccc(CNc4cnc5n4CCNCC5)c3C2=O)C(=O)N1. The minimum Gasteiger partial charge on any atom is -0.366 e. The molecule has 2 aromatic rings. The van der Waals surface area contributed by atoms with Gasteiger partial charge in [0.2, 0.25) is 11.8 Å². The Bertz CT molecular complexity index is 1030. The van der Waals surface area contributed by atoms with E-state index in [-0.39, 0.29) is 24.1 Å². The van der Waals surface area contributed by atoms with Crippen molar-refractivity contribution in [3.05, 3.63) is 46.9 Å². The number of carbonyl (C=O) groups is 3. The predicted octanol–water partition coefficient (Wildman–Crippen LogP) is 0.402. The number of nitrogens with zero attached hydrogens (tertiary/aromatic N) is 3. The van der Waals surface area contributed by atoms with Gasteiger partial charge >= 0.3 is 0 Å². The minimum absolute atomic E-state index is 0.145. The van der Waals surface area contributed by atoms with Crippen molar-refractivity contribution in [1.29, 1.82) is 0 Å². The fourth-order valence-electron chi connectivity index (χ4n) is 4.54. The van der Waals surface area contributed by atoms with Crippen molar-refractivity contribution < 1.29 is 14.4 Å². The third-order valence-electron chi connectivity index (χ3n) is 6.07. The van der Waals surface area contributed by atoms with Crippen LogP contribution in [-0.2, 0) is 35.6 Å². The molecule has 3 aliphatic heterocycles. The molecule has 1 aromatic heterocycles. The van der Waals surface area contributed by atoms with Crippen molar-refractivity contribution in [1.82, 2.24) is 25.1 Å². The maximum Gasteiger partial charge on any atom is 0.255 e. The molecule has 5 rings (SSSR count). The lowest BCUT2D eigenvalue weighted by atomic mass is 10.0. The fourth-order valence-corrected chi connectivity index (χ4v) is 4.54. The molecular weight excluding hydrogens is 384 g/mol. The van der Waals surface area contributed by atoms with Crippen molar-refractivity contribution in [2.75, 3.05) is 18.4 Å². The highest BCUT2D eigenvalue weighted by Gasteiger charge is 2.39. The Balaban J connectivity index is 1.35. The molecule has 1 saturated heterocycles. The van der Waals surface area contributed by atoms with Crippen molar-refractivity contribution in [3.8, 4) is 0 Å². The topological polar surface area (TPSA) is 108 Å². The largest absolute Gasteiger partial charge is 0.366 e. The fraction of sp³-hybridized carbons (Fsp3) is 0.429. The van der Waals surface area contributed by atoms with Crippen molar-refractivity contribution in [3.63, 3.8) is 0 Å². The van der Waals surface area contributed by atoms with Crippen LogP contribution in [0.2, 0.25) is 0 Å². The number of nitrogens with one attached hydrogen (secondary N) is 3. The number of imide groups is 1. The normalized spacial score (nSPS) is 21.1. The number of amides is 3. The van der Waals surface area contributed by atoms with Crippen LogP contribution in [0, 0.1) is 0 Å². The summed E-state index contributed by atoms with van der Waals surface area (Å²) >= 11 is 0. The highest BCUT2D eigenvalue weighted by Crippen LogP contribution is 2.30. The van der Waals surface area contributed by atoms with Gasteiger partial charge in [0.1, 0.15) is 17.7 Å². The van der Waals surface area contributed by atoms with Gasteiger partial charge in [-0.1, -0.05) is 18.2 Å². The molecule has 3 N–H and O–H groups in total. The van der Waals surface area contributed by atoms with E-state index in [0.717, 1.165) is 48.8 Å². The maximum absolute atomic E-state index is 13.2. The second-order valence-electron chi connectivity index (χ2n) is 7.92. The standard InChI is InChI=1S/C21H24N6O3/c28-18-5-4-15(20(29)25-18)27-12-14-3-1-2-13(19(14)21(27)30)10-23-17-11-24-16-6-7-22-8-9-26(16)17/h1-3,11,15,22-23H,4-10,12H2,(H,25,28,29). The monoisotopic (exact) mass is 408 g/mol. The molecule has 9 nitrogen and oxygen atoms in total. The number of hydrogen-bond donors (Lipinski definition) is 3. The molecule has 1 aromatic carbocycles. The molecule has 30 heavy (non-hydrogen) atoms. The molecule has 0 radical (unpaired) electrons. The van der Waals surface area contributed by atoms with Crippen molar-refractivity contribution in [2.24, 2.45) is 0 Å². The van der Waals surface area contributed by atoms with Crippen LogP contribution in [0.4, 0.5) is 5.82 Å². The average Bonchev–Trinajstić information content (AvgIpc) is 3.18.